The Morgan fingerprint density at radius 1 is 0.967 bits per heavy atom. The van der Waals surface area contributed by atoms with Gasteiger partial charge in [-0.1, -0.05) is 65.8 Å². The molecule has 1 aliphatic carbocycles. The normalized spacial score (nSPS) is 13.3. The van der Waals surface area contributed by atoms with Crippen molar-refractivity contribution in [2.75, 3.05) is 5.32 Å². The molecule has 30 heavy (non-hydrogen) atoms. The second kappa shape index (κ2) is 7.99. The summed E-state index contributed by atoms with van der Waals surface area (Å²) >= 11 is 0. The standard InChI is InChI=1S/C24H22N4O2/c29-24(25-15-19-9-5-8-16-6-1-3-10-20(16)19)26-21-11-4-2-7-18(21)14-22-27-23(28-30-22)17-12-13-17/h1-11,17H,12-15H2,(H2,25,26,29). The van der Waals surface area contributed by atoms with E-state index in [1.54, 1.807) is 0 Å². The number of urea groups is 1. The molecule has 6 nitrogen and oxygen atoms in total. The summed E-state index contributed by atoms with van der Waals surface area (Å²) in [5.74, 6) is 1.82. The number of anilines is 1. The van der Waals surface area contributed by atoms with E-state index in [4.69, 9.17) is 4.52 Å². The molecule has 5 rings (SSSR count). The molecule has 1 heterocycles. The van der Waals surface area contributed by atoms with Gasteiger partial charge in [0, 0.05) is 18.2 Å². The monoisotopic (exact) mass is 398 g/mol. The number of fused-ring (bicyclic) bond motifs is 1. The van der Waals surface area contributed by atoms with Crippen molar-refractivity contribution in [1.82, 2.24) is 15.5 Å². The SMILES string of the molecule is O=C(NCc1cccc2ccccc12)Nc1ccccc1Cc1nc(C2CC2)no1. The first-order chi connectivity index (χ1) is 14.8. The Labute approximate surface area is 174 Å². The van der Waals surface area contributed by atoms with Crippen molar-refractivity contribution in [3.63, 3.8) is 0 Å². The fraction of sp³-hybridized carbons (Fsp3) is 0.208. The zero-order valence-electron chi connectivity index (χ0n) is 16.5. The summed E-state index contributed by atoms with van der Waals surface area (Å²) in [6.07, 6.45) is 2.75. The lowest BCUT2D eigenvalue weighted by Crippen LogP contribution is -2.28. The number of nitrogens with one attached hydrogen (secondary N) is 2. The molecule has 1 aromatic heterocycles. The van der Waals surface area contributed by atoms with Gasteiger partial charge in [-0.3, -0.25) is 0 Å². The predicted molar refractivity (Wildman–Crippen MR) is 115 cm³/mol. The molecule has 0 radical (unpaired) electrons. The molecule has 0 spiro atoms. The Hall–Kier alpha value is -3.67. The number of hydrogen-bond acceptors (Lipinski definition) is 4. The second-order valence-corrected chi connectivity index (χ2v) is 7.60. The lowest BCUT2D eigenvalue weighted by Gasteiger charge is -2.12. The van der Waals surface area contributed by atoms with Crippen LogP contribution in [-0.4, -0.2) is 16.2 Å². The zero-order chi connectivity index (χ0) is 20.3. The summed E-state index contributed by atoms with van der Waals surface area (Å²) in [6, 6.07) is 21.7. The number of benzene rings is 3. The molecule has 0 unspecified atom stereocenters. The molecule has 2 N–H and O–H groups in total. The second-order valence-electron chi connectivity index (χ2n) is 7.60. The quantitative estimate of drug-likeness (QED) is 0.478. The lowest BCUT2D eigenvalue weighted by atomic mass is 10.0. The van der Waals surface area contributed by atoms with Gasteiger partial charge in [-0.25, -0.2) is 4.79 Å². The van der Waals surface area contributed by atoms with Gasteiger partial charge >= 0.3 is 6.03 Å². The van der Waals surface area contributed by atoms with Gasteiger partial charge in [-0.2, -0.15) is 4.98 Å². The van der Waals surface area contributed by atoms with Crippen LogP contribution in [0.15, 0.2) is 71.3 Å². The Morgan fingerprint density at radius 3 is 2.63 bits per heavy atom. The van der Waals surface area contributed by atoms with E-state index in [0.717, 1.165) is 46.3 Å². The Balaban J connectivity index is 1.25. The molecular formula is C24H22N4O2. The summed E-state index contributed by atoms with van der Waals surface area (Å²) in [5.41, 5.74) is 2.75. The Morgan fingerprint density at radius 2 is 1.73 bits per heavy atom. The minimum atomic E-state index is -0.250. The van der Waals surface area contributed by atoms with E-state index in [-0.39, 0.29) is 6.03 Å². The van der Waals surface area contributed by atoms with Crippen molar-refractivity contribution in [1.29, 1.82) is 0 Å². The molecule has 6 heteroatoms. The van der Waals surface area contributed by atoms with E-state index >= 15 is 0 Å². The van der Waals surface area contributed by atoms with Crippen LogP contribution in [0.2, 0.25) is 0 Å². The summed E-state index contributed by atoms with van der Waals surface area (Å²) < 4.78 is 5.39. The molecular weight excluding hydrogens is 376 g/mol. The minimum absolute atomic E-state index is 0.250. The van der Waals surface area contributed by atoms with Crippen LogP contribution in [0.1, 0.15) is 41.6 Å². The van der Waals surface area contributed by atoms with E-state index in [1.165, 1.54) is 0 Å². The van der Waals surface area contributed by atoms with Crippen molar-refractivity contribution < 1.29 is 9.32 Å². The largest absolute Gasteiger partial charge is 0.339 e. The molecule has 0 atom stereocenters. The van der Waals surface area contributed by atoms with Crippen molar-refractivity contribution >= 4 is 22.5 Å². The average molecular weight is 398 g/mol. The van der Waals surface area contributed by atoms with Crippen LogP contribution < -0.4 is 10.6 Å². The maximum Gasteiger partial charge on any atom is 0.319 e. The number of amides is 2. The van der Waals surface area contributed by atoms with Gasteiger partial charge < -0.3 is 15.2 Å². The third-order valence-electron chi connectivity index (χ3n) is 5.35. The fourth-order valence-corrected chi connectivity index (χ4v) is 3.60. The number of aromatic nitrogens is 2. The van der Waals surface area contributed by atoms with Gasteiger partial charge in [0.15, 0.2) is 5.82 Å². The van der Waals surface area contributed by atoms with Crippen molar-refractivity contribution in [2.24, 2.45) is 0 Å². The van der Waals surface area contributed by atoms with Crippen LogP contribution >= 0.6 is 0 Å². The van der Waals surface area contributed by atoms with E-state index in [2.05, 4.69) is 39.0 Å². The lowest BCUT2D eigenvalue weighted by molar-refractivity contribution is 0.251. The maximum absolute atomic E-state index is 12.6. The first-order valence-electron chi connectivity index (χ1n) is 10.2. The summed E-state index contributed by atoms with van der Waals surface area (Å²) in [4.78, 5) is 17.0. The molecule has 1 aliphatic rings. The predicted octanol–water partition coefficient (Wildman–Crippen LogP) is 5.01. The highest BCUT2D eigenvalue weighted by Gasteiger charge is 2.28. The van der Waals surface area contributed by atoms with Crippen LogP contribution in [0.4, 0.5) is 10.5 Å². The van der Waals surface area contributed by atoms with Crippen molar-refractivity contribution in [2.45, 2.75) is 31.7 Å². The molecule has 1 saturated carbocycles. The molecule has 150 valence electrons. The highest BCUT2D eigenvalue weighted by atomic mass is 16.5. The van der Waals surface area contributed by atoms with Crippen molar-refractivity contribution in [3.8, 4) is 0 Å². The first kappa shape index (κ1) is 18.4. The molecule has 4 aromatic rings. The van der Waals surface area contributed by atoms with E-state index in [9.17, 15) is 4.79 Å². The summed E-state index contributed by atoms with van der Waals surface area (Å²) in [6.45, 7) is 0.448. The smallest absolute Gasteiger partial charge is 0.319 e. The molecule has 0 bridgehead atoms. The number of hydrogen-bond donors (Lipinski definition) is 2. The third kappa shape index (κ3) is 4.03. The van der Waals surface area contributed by atoms with Gasteiger partial charge in [0.1, 0.15) is 0 Å². The average Bonchev–Trinajstić information content (AvgIpc) is 3.52. The van der Waals surface area contributed by atoms with Gasteiger partial charge in [0.25, 0.3) is 0 Å². The fourth-order valence-electron chi connectivity index (χ4n) is 3.60. The topological polar surface area (TPSA) is 80.0 Å². The Kier molecular flexibility index (Phi) is 4.89. The van der Waals surface area contributed by atoms with Crippen LogP contribution in [0.3, 0.4) is 0 Å². The van der Waals surface area contributed by atoms with E-state index < -0.39 is 0 Å². The molecule has 1 fully saturated rings. The Bertz CT molecular complexity index is 1190. The number of carbonyl (C=O) groups is 1. The maximum atomic E-state index is 12.6. The van der Waals surface area contributed by atoms with E-state index in [0.29, 0.717) is 24.8 Å². The van der Waals surface area contributed by atoms with Gasteiger partial charge in [0.05, 0.1) is 6.42 Å². The number of para-hydroxylation sites is 1. The molecule has 0 saturated heterocycles. The minimum Gasteiger partial charge on any atom is -0.339 e. The highest BCUT2D eigenvalue weighted by Crippen LogP contribution is 2.38. The van der Waals surface area contributed by atoms with Crippen LogP contribution in [0, 0.1) is 0 Å². The highest BCUT2D eigenvalue weighted by molar-refractivity contribution is 5.91. The zero-order valence-corrected chi connectivity index (χ0v) is 16.5. The molecule has 3 aromatic carbocycles. The van der Waals surface area contributed by atoms with Crippen LogP contribution in [0.25, 0.3) is 10.8 Å². The van der Waals surface area contributed by atoms with Gasteiger partial charge in [-0.15, -0.1) is 0 Å². The first-order valence-corrected chi connectivity index (χ1v) is 10.2. The molecule has 0 aliphatic heterocycles. The third-order valence-corrected chi connectivity index (χ3v) is 5.35. The summed E-state index contributed by atoms with van der Waals surface area (Å²) in [5, 5.41) is 12.3. The van der Waals surface area contributed by atoms with Crippen molar-refractivity contribution in [3.05, 3.63) is 89.6 Å². The van der Waals surface area contributed by atoms with Gasteiger partial charge in [-0.05, 0) is 40.8 Å². The van der Waals surface area contributed by atoms with E-state index in [1.807, 2.05) is 48.5 Å². The molecule has 2 amide bonds. The number of rotatable bonds is 6. The van der Waals surface area contributed by atoms with Gasteiger partial charge in [0.2, 0.25) is 5.89 Å². The van der Waals surface area contributed by atoms with Crippen LogP contribution in [-0.2, 0) is 13.0 Å². The van der Waals surface area contributed by atoms with Crippen LogP contribution in [0.5, 0.6) is 0 Å². The number of carbonyl (C=O) groups excluding carboxylic acids is 1. The number of nitrogens with zero attached hydrogens (tertiary/aromatic N) is 2. The summed E-state index contributed by atoms with van der Waals surface area (Å²) in [7, 11) is 0.